The molecule has 2 unspecified atom stereocenters. The number of benzene rings is 2. The second-order valence-electron chi connectivity index (χ2n) is 7.88. The van der Waals surface area contributed by atoms with E-state index in [1.54, 1.807) is 18.2 Å². The summed E-state index contributed by atoms with van der Waals surface area (Å²) in [5.41, 5.74) is 6.84. The maximum absolute atomic E-state index is 14.8. The summed E-state index contributed by atoms with van der Waals surface area (Å²) in [4.78, 5) is 4.67. The first-order valence-corrected chi connectivity index (χ1v) is 9.68. The Bertz CT molecular complexity index is 1060. The molecule has 29 heavy (non-hydrogen) atoms. The third-order valence-electron chi connectivity index (χ3n) is 6.28. The predicted molar refractivity (Wildman–Crippen MR) is 104 cm³/mol. The van der Waals surface area contributed by atoms with Crippen LogP contribution >= 0.6 is 0 Å². The van der Waals surface area contributed by atoms with Crippen molar-refractivity contribution in [3.63, 3.8) is 0 Å². The number of ether oxygens (including phenoxy) is 2. The molecule has 0 aromatic heterocycles. The molecule has 1 aliphatic carbocycles. The SMILES string of the molecule is N#Cc1cccc(-c2ccc3c(c2)C2(COC(N)=N2)C2C[C@@H](O)CC[C@@H]2O3)c1F. The second-order valence-corrected chi connectivity index (χ2v) is 7.88. The highest BCUT2D eigenvalue weighted by Gasteiger charge is 2.55. The standard InChI is InChI=1S/C22H20FN3O3/c23-20-13(10-24)2-1-3-15(20)12-4-6-18-16(8-12)22(11-28-21(25)26-22)17-9-14(27)5-7-19(17)29-18/h1-4,6,8,14,17,19,27H,5,7,9,11H2,(H2,25,26)/t14-,17?,19-,22?/m0/s1. The van der Waals surface area contributed by atoms with Gasteiger partial charge in [-0.2, -0.15) is 5.26 Å². The molecule has 0 saturated heterocycles. The van der Waals surface area contributed by atoms with Gasteiger partial charge < -0.3 is 20.3 Å². The molecule has 2 aromatic rings. The van der Waals surface area contributed by atoms with Gasteiger partial charge in [-0.3, -0.25) is 0 Å². The van der Waals surface area contributed by atoms with E-state index in [1.807, 2.05) is 18.2 Å². The smallest absolute Gasteiger partial charge is 0.283 e. The molecular formula is C22H20FN3O3. The molecule has 148 valence electrons. The summed E-state index contributed by atoms with van der Waals surface area (Å²) < 4.78 is 26.6. The first kappa shape index (κ1) is 18.0. The van der Waals surface area contributed by atoms with E-state index in [0.717, 1.165) is 12.0 Å². The van der Waals surface area contributed by atoms with Crippen molar-refractivity contribution in [3.8, 4) is 22.9 Å². The fraction of sp³-hybridized carbons (Fsp3) is 0.364. The molecule has 0 amide bonds. The number of aliphatic hydroxyl groups excluding tert-OH is 1. The Hall–Kier alpha value is -3.11. The summed E-state index contributed by atoms with van der Waals surface area (Å²) in [7, 11) is 0. The number of nitrogens with two attached hydrogens (primary N) is 1. The van der Waals surface area contributed by atoms with Gasteiger partial charge in [0.2, 0.25) is 0 Å². The van der Waals surface area contributed by atoms with Gasteiger partial charge in [0.15, 0.2) is 0 Å². The molecule has 0 radical (unpaired) electrons. The van der Waals surface area contributed by atoms with Gasteiger partial charge in [0.05, 0.1) is 11.7 Å². The Morgan fingerprint density at radius 2 is 2.14 bits per heavy atom. The van der Waals surface area contributed by atoms with Crippen molar-refractivity contribution in [3.05, 3.63) is 53.3 Å². The molecule has 3 aliphatic rings. The minimum absolute atomic E-state index is 0.00637. The zero-order chi connectivity index (χ0) is 20.2. The van der Waals surface area contributed by atoms with Crippen LogP contribution in [-0.2, 0) is 10.3 Å². The van der Waals surface area contributed by atoms with E-state index in [1.165, 1.54) is 6.07 Å². The number of rotatable bonds is 1. The topological polar surface area (TPSA) is 101 Å². The van der Waals surface area contributed by atoms with Crippen LogP contribution in [0.25, 0.3) is 11.1 Å². The second kappa shape index (κ2) is 6.46. The van der Waals surface area contributed by atoms with E-state index in [2.05, 4.69) is 4.99 Å². The summed E-state index contributed by atoms with van der Waals surface area (Å²) in [6.07, 6.45) is 1.42. The van der Waals surface area contributed by atoms with E-state index in [4.69, 9.17) is 20.5 Å². The number of hydrogen-bond acceptors (Lipinski definition) is 6. The zero-order valence-corrected chi connectivity index (χ0v) is 15.6. The number of nitrogens with zero attached hydrogens (tertiary/aromatic N) is 2. The number of amidine groups is 1. The lowest BCUT2D eigenvalue weighted by Crippen LogP contribution is -2.51. The predicted octanol–water partition coefficient (Wildman–Crippen LogP) is 2.83. The van der Waals surface area contributed by atoms with Crippen molar-refractivity contribution in [2.24, 2.45) is 16.6 Å². The van der Waals surface area contributed by atoms with E-state index in [9.17, 15) is 9.50 Å². The van der Waals surface area contributed by atoms with Crippen molar-refractivity contribution in [1.29, 1.82) is 5.26 Å². The van der Waals surface area contributed by atoms with Crippen LogP contribution in [0.2, 0.25) is 0 Å². The Labute approximate surface area is 167 Å². The van der Waals surface area contributed by atoms with Crippen LogP contribution in [0.5, 0.6) is 5.75 Å². The highest BCUT2D eigenvalue weighted by Crippen LogP contribution is 2.53. The van der Waals surface area contributed by atoms with Crippen LogP contribution in [0.15, 0.2) is 41.4 Å². The maximum Gasteiger partial charge on any atom is 0.283 e. The molecule has 6 nitrogen and oxygen atoms in total. The van der Waals surface area contributed by atoms with Crippen LogP contribution in [-0.4, -0.2) is 29.9 Å². The average molecular weight is 393 g/mol. The summed E-state index contributed by atoms with van der Waals surface area (Å²) >= 11 is 0. The van der Waals surface area contributed by atoms with Gasteiger partial charge in [-0.15, -0.1) is 0 Å². The van der Waals surface area contributed by atoms with Crippen LogP contribution in [0.4, 0.5) is 4.39 Å². The molecule has 1 saturated carbocycles. The lowest BCUT2D eigenvalue weighted by Gasteiger charge is -2.47. The number of halogens is 1. The molecule has 2 aliphatic heterocycles. The van der Waals surface area contributed by atoms with Crippen LogP contribution in [0, 0.1) is 23.1 Å². The highest BCUT2D eigenvalue weighted by atomic mass is 19.1. The molecule has 4 atom stereocenters. The van der Waals surface area contributed by atoms with E-state index in [-0.39, 0.29) is 30.2 Å². The van der Waals surface area contributed by atoms with Gasteiger partial charge in [0.25, 0.3) is 6.02 Å². The Kier molecular flexibility index (Phi) is 4.00. The quantitative estimate of drug-likeness (QED) is 0.776. The fourth-order valence-corrected chi connectivity index (χ4v) is 4.88. The fourth-order valence-electron chi connectivity index (χ4n) is 4.88. The lowest BCUT2D eigenvalue weighted by molar-refractivity contribution is -0.0359. The molecular weight excluding hydrogens is 373 g/mol. The van der Waals surface area contributed by atoms with E-state index in [0.29, 0.717) is 29.7 Å². The van der Waals surface area contributed by atoms with Gasteiger partial charge in [-0.1, -0.05) is 18.2 Å². The molecule has 2 heterocycles. The first-order valence-electron chi connectivity index (χ1n) is 9.68. The molecule has 2 aromatic carbocycles. The maximum atomic E-state index is 14.8. The van der Waals surface area contributed by atoms with Gasteiger partial charge >= 0.3 is 0 Å². The molecule has 1 spiro atoms. The van der Waals surface area contributed by atoms with E-state index < -0.39 is 17.5 Å². The van der Waals surface area contributed by atoms with Crippen LogP contribution in [0.1, 0.15) is 30.4 Å². The molecule has 3 N–H and O–H groups in total. The Balaban J connectivity index is 1.68. The minimum Gasteiger partial charge on any atom is -0.490 e. The lowest BCUT2D eigenvalue weighted by atomic mass is 9.67. The van der Waals surface area contributed by atoms with Crippen molar-refractivity contribution < 1.29 is 19.0 Å². The summed E-state index contributed by atoms with van der Waals surface area (Å²) in [6, 6.07) is 12.2. The summed E-state index contributed by atoms with van der Waals surface area (Å²) in [6.45, 7) is 0.257. The van der Waals surface area contributed by atoms with Gasteiger partial charge in [0.1, 0.15) is 35.9 Å². The molecule has 5 rings (SSSR count). The number of hydrogen-bond donors (Lipinski definition) is 2. The van der Waals surface area contributed by atoms with E-state index >= 15 is 0 Å². The number of nitriles is 1. The van der Waals surface area contributed by atoms with Gasteiger partial charge in [-0.05, 0) is 43.0 Å². The Morgan fingerprint density at radius 3 is 2.90 bits per heavy atom. The Morgan fingerprint density at radius 1 is 1.28 bits per heavy atom. The normalized spacial score (nSPS) is 29.8. The molecule has 7 heteroatoms. The van der Waals surface area contributed by atoms with Crippen LogP contribution < -0.4 is 10.5 Å². The summed E-state index contributed by atoms with van der Waals surface area (Å²) in [5.74, 6) is 0.0213. The van der Waals surface area contributed by atoms with Crippen molar-refractivity contribution >= 4 is 6.02 Å². The van der Waals surface area contributed by atoms with Crippen molar-refractivity contribution in [2.75, 3.05) is 6.61 Å². The highest BCUT2D eigenvalue weighted by molar-refractivity contribution is 5.76. The van der Waals surface area contributed by atoms with Crippen molar-refractivity contribution in [2.45, 2.75) is 37.0 Å². The largest absolute Gasteiger partial charge is 0.490 e. The number of aliphatic hydroxyl groups is 1. The first-order chi connectivity index (χ1) is 14.0. The third kappa shape index (κ3) is 2.67. The number of aliphatic imine (C=N–C) groups is 1. The monoisotopic (exact) mass is 393 g/mol. The molecule has 1 fully saturated rings. The minimum atomic E-state index is -0.775. The summed E-state index contributed by atoms with van der Waals surface area (Å²) in [5, 5.41) is 19.4. The van der Waals surface area contributed by atoms with Gasteiger partial charge in [0, 0.05) is 17.0 Å². The van der Waals surface area contributed by atoms with Gasteiger partial charge in [-0.25, -0.2) is 9.38 Å². The number of fused-ring (bicyclic) bond motifs is 4. The third-order valence-corrected chi connectivity index (χ3v) is 6.28. The average Bonchev–Trinajstić information content (AvgIpc) is 3.11. The zero-order valence-electron chi connectivity index (χ0n) is 15.6. The van der Waals surface area contributed by atoms with Crippen LogP contribution in [0.3, 0.4) is 0 Å². The molecule has 0 bridgehead atoms. The van der Waals surface area contributed by atoms with Crippen molar-refractivity contribution in [1.82, 2.24) is 0 Å².